The first-order chi connectivity index (χ1) is 15.7. The zero-order valence-corrected chi connectivity index (χ0v) is 18.8. The highest BCUT2D eigenvalue weighted by atomic mass is 35.5. The Balaban J connectivity index is 1.85. The van der Waals surface area contributed by atoms with Gasteiger partial charge in [-0.05, 0) is 54.1 Å². The van der Waals surface area contributed by atoms with Crippen molar-refractivity contribution < 1.29 is 22.3 Å². The molecular weight excluding hydrogens is 476 g/mol. The Labute approximate surface area is 196 Å². The lowest BCUT2D eigenvalue weighted by Gasteiger charge is -2.11. The first kappa shape index (κ1) is 23.1. The van der Waals surface area contributed by atoms with E-state index < -0.39 is 17.6 Å². The third kappa shape index (κ3) is 5.29. The predicted octanol–water partition coefficient (Wildman–Crippen LogP) is 7.32. The van der Waals surface area contributed by atoms with E-state index in [1.54, 1.807) is 23.6 Å². The number of thiazole rings is 1. The van der Waals surface area contributed by atoms with Gasteiger partial charge in [0.25, 0.3) is 0 Å². The number of methoxy groups -OCH3 is 1. The first-order valence-electron chi connectivity index (χ1n) is 9.73. The second kappa shape index (κ2) is 9.41. The van der Waals surface area contributed by atoms with Crippen LogP contribution in [0.5, 0.6) is 5.75 Å². The molecule has 1 heterocycles. The minimum Gasteiger partial charge on any atom is -0.494 e. The Kier molecular flexibility index (Phi) is 6.58. The van der Waals surface area contributed by atoms with Crippen molar-refractivity contribution in [3.63, 3.8) is 0 Å². The zero-order chi connectivity index (χ0) is 23.6. The third-order valence-electron chi connectivity index (χ3n) is 4.90. The van der Waals surface area contributed by atoms with Gasteiger partial charge in [-0.15, -0.1) is 11.3 Å². The van der Waals surface area contributed by atoms with Crippen LogP contribution >= 0.6 is 22.9 Å². The predicted molar refractivity (Wildman–Crippen MR) is 121 cm³/mol. The number of alkyl halides is 3. The van der Waals surface area contributed by atoms with Crippen molar-refractivity contribution in [1.29, 1.82) is 0 Å². The van der Waals surface area contributed by atoms with Crippen LogP contribution in [0.3, 0.4) is 0 Å². The summed E-state index contributed by atoms with van der Waals surface area (Å²) in [6.07, 6.45) is -4.47. The van der Waals surface area contributed by atoms with Crippen molar-refractivity contribution in [3.05, 3.63) is 98.9 Å². The lowest BCUT2D eigenvalue weighted by molar-refractivity contribution is -0.137. The number of hydrogen-bond acceptors (Lipinski definition) is 3. The maximum atomic E-state index is 14.4. The molecule has 0 unspecified atom stereocenters. The maximum Gasteiger partial charge on any atom is 0.416 e. The molecule has 170 valence electrons. The summed E-state index contributed by atoms with van der Waals surface area (Å²) >= 11 is 7.24. The van der Waals surface area contributed by atoms with E-state index in [4.69, 9.17) is 16.3 Å². The van der Waals surface area contributed by atoms with Crippen LogP contribution in [0.25, 0.3) is 11.3 Å². The van der Waals surface area contributed by atoms with Crippen molar-refractivity contribution in [3.8, 4) is 17.0 Å². The molecule has 1 aromatic heterocycles. The van der Waals surface area contributed by atoms with Gasteiger partial charge in [-0.1, -0.05) is 29.8 Å². The van der Waals surface area contributed by atoms with E-state index >= 15 is 0 Å². The second-order valence-electron chi connectivity index (χ2n) is 7.13. The topological polar surface area (TPSA) is 26.5 Å². The fraction of sp³-hybridized carbons (Fsp3) is 0.125. The van der Waals surface area contributed by atoms with Gasteiger partial charge < -0.3 is 9.30 Å². The van der Waals surface area contributed by atoms with Crippen LogP contribution in [-0.2, 0) is 12.7 Å². The van der Waals surface area contributed by atoms with Crippen LogP contribution in [0, 0.1) is 5.82 Å². The smallest absolute Gasteiger partial charge is 0.416 e. The van der Waals surface area contributed by atoms with Gasteiger partial charge in [0.2, 0.25) is 0 Å². The molecule has 0 aliphatic rings. The normalized spacial score (nSPS) is 12.2. The van der Waals surface area contributed by atoms with Crippen LogP contribution < -0.4 is 9.54 Å². The summed E-state index contributed by atoms with van der Waals surface area (Å²) in [6.45, 7) is 0.363. The summed E-state index contributed by atoms with van der Waals surface area (Å²) in [7, 11) is 1.38. The fourth-order valence-electron chi connectivity index (χ4n) is 3.26. The van der Waals surface area contributed by atoms with Crippen molar-refractivity contribution in [2.45, 2.75) is 12.7 Å². The van der Waals surface area contributed by atoms with Crippen molar-refractivity contribution in [1.82, 2.24) is 4.57 Å². The first-order valence-corrected chi connectivity index (χ1v) is 11.0. The molecular formula is C24H17ClF4N2OS. The lowest BCUT2D eigenvalue weighted by atomic mass is 10.1. The molecule has 0 bridgehead atoms. The van der Waals surface area contributed by atoms with Gasteiger partial charge in [-0.25, -0.2) is 9.38 Å². The second-order valence-corrected chi connectivity index (χ2v) is 8.40. The number of ether oxygens (including phenoxy) is 1. The van der Waals surface area contributed by atoms with Crippen LogP contribution in [0.15, 0.2) is 77.1 Å². The minimum absolute atomic E-state index is 0.118. The zero-order valence-electron chi connectivity index (χ0n) is 17.2. The van der Waals surface area contributed by atoms with Gasteiger partial charge in [-0.2, -0.15) is 13.2 Å². The van der Waals surface area contributed by atoms with E-state index in [0.717, 1.165) is 17.7 Å². The summed E-state index contributed by atoms with van der Waals surface area (Å²) in [4.78, 5) is 4.94. The van der Waals surface area contributed by atoms with Gasteiger partial charge in [-0.3, -0.25) is 0 Å². The Bertz CT molecular complexity index is 1340. The van der Waals surface area contributed by atoms with Crippen LogP contribution in [-0.4, -0.2) is 11.7 Å². The standard InChI is InChI=1S/C24H17ClF4N2OS/c1-32-22-10-7-16(11-20(22)26)21-14-33-23(31(21)13-15-5-8-18(25)9-6-15)30-19-4-2-3-17(12-19)24(27,28)29/h2-12,14H,13H2,1H3. The number of hydrogen-bond donors (Lipinski definition) is 0. The quantitative estimate of drug-likeness (QED) is 0.268. The summed E-state index contributed by atoms with van der Waals surface area (Å²) in [6, 6.07) is 16.6. The van der Waals surface area contributed by atoms with E-state index in [0.29, 0.717) is 27.6 Å². The summed E-state index contributed by atoms with van der Waals surface area (Å²) < 4.78 is 60.6. The molecule has 0 spiro atoms. The Morgan fingerprint density at radius 3 is 2.45 bits per heavy atom. The highest BCUT2D eigenvalue weighted by Crippen LogP contribution is 2.32. The average molecular weight is 493 g/mol. The van der Waals surface area contributed by atoms with Gasteiger partial charge in [0.1, 0.15) is 0 Å². The molecule has 3 aromatic carbocycles. The molecule has 4 rings (SSSR count). The van der Waals surface area contributed by atoms with E-state index in [2.05, 4.69) is 4.99 Å². The third-order valence-corrected chi connectivity index (χ3v) is 6.01. The monoisotopic (exact) mass is 492 g/mol. The molecule has 0 radical (unpaired) electrons. The van der Waals surface area contributed by atoms with Crippen molar-refractivity contribution in [2.75, 3.05) is 7.11 Å². The maximum absolute atomic E-state index is 14.4. The molecule has 0 saturated carbocycles. The lowest BCUT2D eigenvalue weighted by Crippen LogP contribution is -2.16. The molecule has 0 aliphatic carbocycles. The van der Waals surface area contributed by atoms with E-state index in [-0.39, 0.29) is 11.4 Å². The highest BCUT2D eigenvalue weighted by molar-refractivity contribution is 7.07. The van der Waals surface area contributed by atoms with Gasteiger partial charge >= 0.3 is 6.18 Å². The number of aromatic nitrogens is 1. The highest BCUT2D eigenvalue weighted by Gasteiger charge is 2.30. The van der Waals surface area contributed by atoms with Crippen LogP contribution in [0.2, 0.25) is 5.02 Å². The number of nitrogens with zero attached hydrogens (tertiary/aromatic N) is 2. The Morgan fingerprint density at radius 2 is 1.79 bits per heavy atom. The van der Waals surface area contributed by atoms with Gasteiger partial charge in [0.15, 0.2) is 16.4 Å². The molecule has 9 heteroatoms. The van der Waals surface area contributed by atoms with E-state index in [9.17, 15) is 17.6 Å². The summed E-state index contributed by atoms with van der Waals surface area (Å²) in [5, 5.41) is 2.38. The van der Waals surface area contributed by atoms with Crippen LogP contribution in [0.4, 0.5) is 23.2 Å². The molecule has 33 heavy (non-hydrogen) atoms. The van der Waals surface area contributed by atoms with Crippen LogP contribution in [0.1, 0.15) is 11.1 Å². The summed E-state index contributed by atoms with van der Waals surface area (Å²) in [5.41, 5.74) is 1.55. The van der Waals surface area contributed by atoms with Gasteiger partial charge in [0.05, 0.1) is 30.6 Å². The molecule has 0 aliphatic heterocycles. The largest absolute Gasteiger partial charge is 0.494 e. The SMILES string of the molecule is COc1ccc(-c2csc(=Nc3cccc(C(F)(F)F)c3)n2Cc2ccc(Cl)cc2)cc1F. The molecule has 0 amide bonds. The molecule has 3 nitrogen and oxygen atoms in total. The van der Waals surface area contributed by atoms with Crippen molar-refractivity contribution in [2.24, 2.45) is 4.99 Å². The number of benzene rings is 3. The molecule has 0 N–H and O–H groups in total. The molecule has 0 fully saturated rings. The van der Waals surface area contributed by atoms with Crippen molar-refractivity contribution >= 4 is 28.6 Å². The minimum atomic E-state index is -4.47. The fourth-order valence-corrected chi connectivity index (χ4v) is 4.32. The number of rotatable bonds is 5. The Morgan fingerprint density at radius 1 is 1.03 bits per heavy atom. The van der Waals surface area contributed by atoms with E-state index in [1.165, 1.54) is 42.7 Å². The Hall–Kier alpha value is -3.10. The molecule has 0 saturated heterocycles. The summed E-state index contributed by atoms with van der Waals surface area (Å²) in [5.74, 6) is -0.400. The molecule has 4 aromatic rings. The number of halogens is 5. The van der Waals surface area contributed by atoms with Gasteiger partial charge in [0, 0.05) is 16.0 Å². The van der Waals surface area contributed by atoms with E-state index in [1.807, 2.05) is 16.7 Å². The molecule has 0 atom stereocenters. The average Bonchev–Trinajstić information content (AvgIpc) is 3.17.